The minimum absolute atomic E-state index is 0.0160. The van der Waals surface area contributed by atoms with Gasteiger partial charge in [-0.25, -0.2) is 4.79 Å². The molecule has 10 heteroatoms. The summed E-state index contributed by atoms with van der Waals surface area (Å²) >= 11 is 0. The largest absolute Gasteiger partial charge is 0.465 e. The maximum Gasteiger partial charge on any atom is 0.416 e. The average Bonchev–Trinajstić information content (AvgIpc) is 2.65. The zero-order chi connectivity index (χ0) is 20.0. The first-order valence-electron chi connectivity index (χ1n) is 7.55. The van der Waals surface area contributed by atoms with Gasteiger partial charge in [-0.05, 0) is 36.4 Å². The van der Waals surface area contributed by atoms with E-state index in [1.165, 1.54) is 44.5 Å². The fraction of sp³-hybridized carbons (Fsp3) is 0.176. The Morgan fingerprint density at radius 1 is 1.19 bits per heavy atom. The molecule has 2 rings (SSSR count). The van der Waals surface area contributed by atoms with E-state index in [-0.39, 0.29) is 22.6 Å². The molecule has 142 valence electrons. The van der Waals surface area contributed by atoms with E-state index in [2.05, 4.69) is 25.4 Å². The number of azo groups is 1. The lowest BCUT2D eigenvalue weighted by atomic mass is 10.1. The van der Waals surface area contributed by atoms with Gasteiger partial charge in [0.2, 0.25) is 5.84 Å². The highest BCUT2D eigenvalue weighted by Crippen LogP contribution is 2.32. The van der Waals surface area contributed by atoms with E-state index >= 15 is 0 Å². The number of halogens is 3. The highest BCUT2D eigenvalue weighted by Gasteiger charge is 2.30. The van der Waals surface area contributed by atoms with E-state index in [9.17, 15) is 18.0 Å². The molecule has 0 aliphatic heterocycles. The number of hydrogen-bond donors (Lipinski definition) is 2. The van der Waals surface area contributed by atoms with Crippen LogP contribution >= 0.6 is 0 Å². The maximum atomic E-state index is 12.9. The van der Waals surface area contributed by atoms with Crippen molar-refractivity contribution in [3.8, 4) is 0 Å². The molecule has 0 heterocycles. The number of carbonyl (C=O) groups excluding carboxylic acids is 1. The first-order valence-corrected chi connectivity index (χ1v) is 7.55. The quantitative estimate of drug-likeness (QED) is 0.210. The molecule has 0 radical (unpaired) electrons. The second-order valence-corrected chi connectivity index (χ2v) is 5.21. The summed E-state index contributed by atoms with van der Waals surface area (Å²) in [6, 6.07) is 9.00. The molecule has 0 bridgehead atoms. The highest BCUT2D eigenvalue weighted by molar-refractivity contribution is 6.06. The number of alkyl halides is 3. The fourth-order valence-electron chi connectivity index (χ4n) is 2.26. The molecule has 2 aromatic rings. The Labute approximate surface area is 152 Å². The summed E-state index contributed by atoms with van der Waals surface area (Å²) in [5, 5.41) is 13.7. The van der Waals surface area contributed by atoms with Crippen LogP contribution in [0.5, 0.6) is 0 Å². The topological polar surface area (TPSA) is 101 Å². The van der Waals surface area contributed by atoms with Crippen LogP contribution in [0.1, 0.15) is 21.5 Å². The second kappa shape index (κ2) is 8.30. The number of carbonyl (C=O) groups is 1. The molecule has 0 saturated heterocycles. The molecule has 0 saturated carbocycles. The molecule has 3 N–H and O–H groups in total. The number of esters is 1. The third kappa shape index (κ3) is 4.81. The Balaban J connectivity index is 2.51. The molecule has 27 heavy (non-hydrogen) atoms. The third-order valence-corrected chi connectivity index (χ3v) is 3.47. The number of amidine groups is 1. The summed E-state index contributed by atoms with van der Waals surface area (Å²) in [5.41, 5.74) is 0.166. The molecular formula is C17H16F3N5O2. The van der Waals surface area contributed by atoms with E-state index in [1.807, 2.05) is 0 Å². The van der Waals surface area contributed by atoms with Gasteiger partial charge in [0.1, 0.15) is 0 Å². The molecule has 0 unspecified atom stereocenters. The summed E-state index contributed by atoms with van der Waals surface area (Å²) in [4.78, 5) is 11.8. The molecular weight excluding hydrogens is 363 g/mol. The molecule has 0 fully saturated rings. The predicted octanol–water partition coefficient (Wildman–Crippen LogP) is 3.94. The first-order chi connectivity index (χ1) is 12.8. The normalized spacial score (nSPS) is 12.3. The van der Waals surface area contributed by atoms with E-state index in [0.717, 1.165) is 12.1 Å². The van der Waals surface area contributed by atoms with Crippen molar-refractivity contribution in [3.63, 3.8) is 0 Å². The van der Waals surface area contributed by atoms with Crippen LogP contribution in [0.25, 0.3) is 0 Å². The summed E-state index contributed by atoms with van der Waals surface area (Å²) in [6.07, 6.45) is -4.48. The number of hydrazone groups is 1. The highest BCUT2D eigenvalue weighted by atomic mass is 19.4. The van der Waals surface area contributed by atoms with Gasteiger partial charge >= 0.3 is 12.1 Å². The van der Waals surface area contributed by atoms with Crippen molar-refractivity contribution in [1.29, 1.82) is 0 Å². The first kappa shape index (κ1) is 19.9. The minimum Gasteiger partial charge on any atom is -0.465 e. The standard InChI is InChI=1S/C17H16F3N5O2/c1-22-25-15(24-21)13-8-10(16(26)27-2)6-7-14(13)23-12-5-3-4-11(9-12)17(18,19)20/h3-9,23H,21H2,1-2H3/b24-15-,25-22?. The van der Waals surface area contributed by atoms with Crippen LogP contribution in [0.15, 0.2) is 57.8 Å². The number of methoxy groups -OCH3 is 1. The van der Waals surface area contributed by atoms with Crippen LogP contribution in [0.2, 0.25) is 0 Å². The Morgan fingerprint density at radius 2 is 1.93 bits per heavy atom. The van der Waals surface area contributed by atoms with Crippen molar-refractivity contribution in [2.24, 2.45) is 21.2 Å². The van der Waals surface area contributed by atoms with E-state index in [1.54, 1.807) is 0 Å². The third-order valence-electron chi connectivity index (χ3n) is 3.47. The van der Waals surface area contributed by atoms with Crippen molar-refractivity contribution in [3.05, 3.63) is 59.2 Å². The minimum atomic E-state index is -4.48. The van der Waals surface area contributed by atoms with Gasteiger partial charge in [-0.15, -0.1) is 5.11 Å². The van der Waals surface area contributed by atoms with E-state index in [0.29, 0.717) is 5.69 Å². The number of anilines is 2. The van der Waals surface area contributed by atoms with Gasteiger partial charge in [-0.1, -0.05) is 6.07 Å². The molecule has 0 aliphatic rings. The molecule has 2 aromatic carbocycles. The van der Waals surface area contributed by atoms with Gasteiger partial charge in [0.25, 0.3) is 0 Å². The van der Waals surface area contributed by atoms with E-state index in [4.69, 9.17) is 5.84 Å². The van der Waals surface area contributed by atoms with Crippen molar-refractivity contribution in [2.45, 2.75) is 6.18 Å². The van der Waals surface area contributed by atoms with Gasteiger partial charge in [-0.2, -0.15) is 23.4 Å². The summed E-state index contributed by atoms with van der Waals surface area (Å²) in [6.45, 7) is 0. The molecule has 0 amide bonds. The monoisotopic (exact) mass is 379 g/mol. The van der Waals surface area contributed by atoms with Crippen molar-refractivity contribution >= 4 is 23.2 Å². The smallest absolute Gasteiger partial charge is 0.416 e. The summed E-state index contributed by atoms with van der Waals surface area (Å²) in [7, 11) is 2.62. The number of ether oxygens (including phenoxy) is 1. The fourth-order valence-corrected chi connectivity index (χ4v) is 2.26. The zero-order valence-corrected chi connectivity index (χ0v) is 14.4. The number of nitrogens with zero attached hydrogens (tertiary/aromatic N) is 3. The number of nitrogens with two attached hydrogens (primary N) is 1. The molecule has 0 spiro atoms. The van der Waals surface area contributed by atoms with Crippen LogP contribution in [0, 0.1) is 0 Å². The average molecular weight is 379 g/mol. The van der Waals surface area contributed by atoms with Gasteiger partial charge in [0, 0.05) is 24.0 Å². The second-order valence-electron chi connectivity index (χ2n) is 5.21. The lowest BCUT2D eigenvalue weighted by Gasteiger charge is -2.14. The van der Waals surface area contributed by atoms with Gasteiger partial charge in [0.05, 0.1) is 18.2 Å². The molecule has 0 aromatic heterocycles. The van der Waals surface area contributed by atoms with Crippen LogP contribution < -0.4 is 11.2 Å². The van der Waals surface area contributed by atoms with Gasteiger partial charge in [0.15, 0.2) is 0 Å². The van der Waals surface area contributed by atoms with Gasteiger partial charge < -0.3 is 15.9 Å². The number of hydrogen-bond acceptors (Lipinski definition) is 6. The zero-order valence-electron chi connectivity index (χ0n) is 14.4. The maximum absolute atomic E-state index is 12.9. The van der Waals surface area contributed by atoms with Crippen molar-refractivity contribution < 1.29 is 22.7 Å². The van der Waals surface area contributed by atoms with Crippen LogP contribution in [0.3, 0.4) is 0 Å². The van der Waals surface area contributed by atoms with Gasteiger partial charge in [-0.3, -0.25) is 0 Å². The predicted molar refractivity (Wildman–Crippen MR) is 94.0 cm³/mol. The number of rotatable bonds is 4. The number of nitrogens with one attached hydrogen (secondary N) is 1. The Morgan fingerprint density at radius 3 is 2.52 bits per heavy atom. The van der Waals surface area contributed by atoms with Crippen molar-refractivity contribution in [2.75, 3.05) is 19.5 Å². The lowest BCUT2D eigenvalue weighted by Crippen LogP contribution is -2.09. The molecule has 7 nitrogen and oxygen atoms in total. The molecule has 0 atom stereocenters. The van der Waals surface area contributed by atoms with Crippen molar-refractivity contribution in [1.82, 2.24) is 0 Å². The van der Waals surface area contributed by atoms with Crippen LogP contribution in [-0.4, -0.2) is 26.0 Å². The van der Waals surface area contributed by atoms with Crippen LogP contribution in [0.4, 0.5) is 24.5 Å². The Kier molecular flexibility index (Phi) is 6.11. The van der Waals surface area contributed by atoms with E-state index < -0.39 is 17.7 Å². The Hall–Kier alpha value is -3.43. The molecule has 0 aliphatic carbocycles. The SMILES string of the molecule is CN=N/C(=N\N)c1cc(C(=O)OC)ccc1Nc1cccc(C(F)(F)F)c1. The summed E-state index contributed by atoms with van der Waals surface area (Å²) < 4.78 is 43.4. The lowest BCUT2D eigenvalue weighted by molar-refractivity contribution is -0.137. The Bertz CT molecular complexity index is 894. The summed E-state index contributed by atoms with van der Waals surface area (Å²) in [5.74, 6) is 4.71. The number of benzene rings is 2. The van der Waals surface area contributed by atoms with Crippen LogP contribution in [-0.2, 0) is 10.9 Å².